The fourth-order valence-corrected chi connectivity index (χ4v) is 5.62. The van der Waals surface area contributed by atoms with E-state index < -0.39 is 6.04 Å². The molecule has 190 valence electrons. The molecule has 34 heavy (non-hydrogen) atoms. The van der Waals surface area contributed by atoms with Crippen molar-refractivity contribution in [2.24, 2.45) is 23.4 Å². The number of hydrogen-bond donors (Lipinski definition) is 2. The maximum Gasteiger partial charge on any atom is 0.247 e. The van der Waals surface area contributed by atoms with Crippen LogP contribution in [0.3, 0.4) is 0 Å². The van der Waals surface area contributed by atoms with E-state index in [9.17, 15) is 4.79 Å². The Morgan fingerprint density at radius 2 is 1.91 bits per heavy atom. The lowest BCUT2D eigenvalue weighted by Gasteiger charge is -2.35. The van der Waals surface area contributed by atoms with Gasteiger partial charge in [0.05, 0.1) is 6.04 Å². The van der Waals surface area contributed by atoms with Gasteiger partial charge in [0.2, 0.25) is 5.91 Å². The molecule has 2 atom stereocenters. The summed E-state index contributed by atoms with van der Waals surface area (Å²) in [5.41, 5.74) is 9.48. The fraction of sp³-hybridized carbons (Fsp3) is 0.607. The van der Waals surface area contributed by atoms with E-state index in [0.29, 0.717) is 5.92 Å². The Kier molecular flexibility index (Phi) is 11.0. The lowest BCUT2D eigenvalue weighted by molar-refractivity contribution is -0.137. The van der Waals surface area contributed by atoms with Crippen LogP contribution in [0, 0.1) is 11.8 Å². The number of amides is 1. The van der Waals surface area contributed by atoms with Crippen molar-refractivity contribution in [1.29, 1.82) is 0 Å². The van der Waals surface area contributed by atoms with Gasteiger partial charge >= 0.3 is 0 Å². The monoisotopic (exact) mass is 486 g/mol. The Labute approximate surface area is 212 Å². The Morgan fingerprint density at radius 1 is 1.24 bits per heavy atom. The van der Waals surface area contributed by atoms with Crippen LogP contribution in [0.25, 0.3) is 0 Å². The summed E-state index contributed by atoms with van der Waals surface area (Å²) in [6.07, 6.45) is 14.3. The highest BCUT2D eigenvalue weighted by Gasteiger charge is 2.38. The van der Waals surface area contributed by atoms with Gasteiger partial charge in [0.15, 0.2) is 0 Å². The second kappa shape index (κ2) is 13.2. The molecule has 4 N–H and O–H groups in total. The highest BCUT2D eigenvalue weighted by Crippen LogP contribution is 2.38. The summed E-state index contributed by atoms with van der Waals surface area (Å²) in [4.78, 5) is 18.4. The van der Waals surface area contributed by atoms with Crippen molar-refractivity contribution in [3.63, 3.8) is 0 Å². The molecular formula is C28H46N4OS. The summed E-state index contributed by atoms with van der Waals surface area (Å²) >= 11 is 1.80. The average Bonchev–Trinajstić information content (AvgIpc) is 3.53. The highest BCUT2D eigenvalue weighted by atomic mass is 32.2. The number of likely N-dealkylation sites (tertiary alicyclic amines) is 1. The summed E-state index contributed by atoms with van der Waals surface area (Å²) in [5.74, 6) is 7.01. The summed E-state index contributed by atoms with van der Waals surface area (Å²) < 4.78 is 0. The first-order valence-electron chi connectivity index (χ1n) is 12.8. The summed E-state index contributed by atoms with van der Waals surface area (Å²) in [7, 11) is 0. The van der Waals surface area contributed by atoms with Crippen LogP contribution in [-0.4, -0.2) is 34.4 Å². The van der Waals surface area contributed by atoms with Crippen molar-refractivity contribution >= 4 is 17.7 Å². The Bertz CT molecular complexity index is 850. The van der Waals surface area contributed by atoms with Gasteiger partial charge in [0, 0.05) is 29.3 Å². The first-order chi connectivity index (χ1) is 16.1. The molecule has 1 saturated heterocycles. The van der Waals surface area contributed by atoms with Gasteiger partial charge in [-0.3, -0.25) is 4.79 Å². The van der Waals surface area contributed by atoms with Crippen molar-refractivity contribution in [1.82, 2.24) is 9.91 Å². The van der Waals surface area contributed by atoms with E-state index in [1.807, 2.05) is 6.08 Å². The number of hydrazine groups is 1. The van der Waals surface area contributed by atoms with Crippen LogP contribution in [0.5, 0.6) is 0 Å². The molecule has 0 aromatic carbocycles. The summed E-state index contributed by atoms with van der Waals surface area (Å²) in [6.45, 7) is 17.4. The molecule has 2 aliphatic rings. The Morgan fingerprint density at radius 3 is 2.44 bits per heavy atom. The molecule has 1 heterocycles. The zero-order valence-corrected chi connectivity index (χ0v) is 23.0. The van der Waals surface area contributed by atoms with Gasteiger partial charge in [-0.05, 0) is 74.3 Å². The van der Waals surface area contributed by atoms with Crippen LogP contribution >= 0.6 is 11.8 Å². The standard InChI is InChI=1S/C28H46N4OS/c1-8-12-26(34-21(7)20(6)17-22(9-2)10-3)25-13-11-16-31(25)28(33)27(19(4)5)32(30)18-24(29)23-14-15-23/h9,12,17-19,23,25,27H,2,8,10-11,13-16,29-30H2,1,3-7H3/b21-20+,22-17+,24-18-,26-12+. The number of carbonyl (C=O) groups is 1. The van der Waals surface area contributed by atoms with Gasteiger partial charge in [-0.2, -0.15) is 0 Å². The minimum atomic E-state index is -0.424. The van der Waals surface area contributed by atoms with Crippen molar-refractivity contribution in [2.45, 2.75) is 92.2 Å². The zero-order valence-electron chi connectivity index (χ0n) is 22.1. The van der Waals surface area contributed by atoms with Crippen LogP contribution in [0.2, 0.25) is 0 Å². The lowest BCUT2D eigenvalue weighted by atomic mass is 10.0. The molecule has 0 spiro atoms. The van der Waals surface area contributed by atoms with Crippen LogP contribution in [0.4, 0.5) is 0 Å². The van der Waals surface area contributed by atoms with Crippen LogP contribution in [0.15, 0.2) is 57.7 Å². The molecule has 2 rings (SSSR count). The molecule has 5 nitrogen and oxygen atoms in total. The minimum absolute atomic E-state index is 0.0774. The SMILES string of the molecule is C=C/C(=C\C(C)=C(/C)S/C(=C/CC)C1CCCN1C(=O)C(C(C)C)N(N)/C=C(\N)C1CC1)CC. The smallest absolute Gasteiger partial charge is 0.247 e. The van der Waals surface area contributed by atoms with Gasteiger partial charge in [0.1, 0.15) is 6.04 Å². The number of carbonyl (C=O) groups excluding carboxylic acids is 1. The predicted molar refractivity (Wildman–Crippen MR) is 147 cm³/mol. The third-order valence-corrected chi connectivity index (χ3v) is 8.02. The predicted octanol–water partition coefficient (Wildman–Crippen LogP) is 6.23. The summed E-state index contributed by atoms with van der Waals surface area (Å²) in [6, 6.07) is -0.333. The van der Waals surface area contributed by atoms with Crippen LogP contribution in [-0.2, 0) is 4.79 Å². The summed E-state index contributed by atoms with van der Waals surface area (Å²) in [5, 5.41) is 1.56. The Balaban J connectivity index is 2.27. The minimum Gasteiger partial charge on any atom is -0.401 e. The van der Waals surface area contributed by atoms with E-state index in [0.717, 1.165) is 50.8 Å². The van der Waals surface area contributed by atoms with Gasteiger partial charge < -0.3 is 15.6 Å². The molecule has 1 saturated carbocycles. The second-order valence-electron chi connectivity index (χ2n) is 9.86. The van der Waals surface area contributed by atoms with Crippen molar-refractivity contribution in [3.8, 4) is 0 Å². The van der Waals surface area contributed by atoms with Gasteiger partial charge in [0.25, 0.3) is 0 Å². The van der Waals surface area contributed by atoms with Gasteiger partial charge in [-0.15, -0.1) is 0 Å². The van der Waals surface area contributed by atoms with Crippen LogP contribution in [0.1, 0.15) is 80.1 Å². The third-order valence-electron chi connectivity index (χ3n) is 6.72. The van der Waals surface area contributed by atoms with Crippen LogP contribution < -0.4 is 11.6 Å². The van der Waals surface area contributed by atoms with Gasteiger partial charge in [-0.25, -0.2) is 5.84 Å². The topological polar surface area (TPSA) is 75.6 Å². The molecular weight excluding hydrogens is 440 g/mol. The third kappa shape index (κ3) is 7.54. The molecule has 2 fully saturated rings. The lowest BCUT2D eigenvalue weighted by Crippen LogP contribution is -2.53. The number of thioether (sulfide) groups is 1. The van der Waals surface area contributed by atoms with Crippen molar-refractivity contribution in [3.05, 3.63) is 57.7 Å². The van der Waals surface area contributed by atoms with Crippen molar-refractivity contribution < 1.29 is 4.79 Å². The quantitative estimate of drug-likeness (QED) is 0.194. The molecule has 6 heteroatoms. The molecule has 0 bridgehead atoms. The zero-order chi connectivity index (χ0) is 25.4. The van der Waals surface area contributed by atoms with Crippen molar-refractivity contribution in [2.75, 3.05) is 6.54 Å². The first-order valence-corrected chi connectivity index (χ1v) is 13.6. The number of nitrogens with two attached hydrogens (primary N) is 2. The molecule has 0 aromatic rings. The fourth-order valence-electron chi connectivity index (χ4n) is 4.42. The highest BCUT2D eigenvalue weighted by molar-refractivity contribution is 8.06. The number of nitrogens with zero attached hydrogens (tertiary/aromatic N) is 2. The van der Waals surface area contributed by atoms with E-state index >= 15 is 0 Å². The molecule has 0 radical (unpaired) electrons. The molecule has 1 amide bonds. The normalized spacial score (nSPS) is 21.6. The maximum atomic E-state index is 13.8. The number of hydrogen-bond acceptors (Lipinski definition) is 5. The van der Waals surface area contributed by atoms with E-state index in [-0.39, 0.29) is 17.9 Å². The second-order valence-corrected chi connectivity index (χ2v) is 11.1. The largest absolute Gasteiger partial charge is 0.401 e. The molecule has 1 aliphatic heterocycles. The number of allylic oxidation sites excluding steroid dienone is 7. The van der Waals surface area contributed by atoms with E-state index in [2.05, 4.69) is 65.2 Å². The Hall–Kier alpha value is -1.92. The van der Waals surface area contributed by atoms with Gasteiger partial charge in [-0.1, -0.05) is 64.3 Å². The molecule has 2 unspecified atom stereocenters. The molecule has 0 aromatic heterocycles. The number of rotatable bonds is 12. The average molecular weight is 487 g/mol. The first kappa shape index (κ1) is 28.3. The maximum absolute atomic E-state index is 13.8. The van der Waals surface area contributed by atoms with E-state index in [1.54, 1.807) is 23.0 Å². The van der Waals surface area contributed by atoms with E-state index in [4.69, 9.17) is 11.6 Å². The molecule has 1 aliphatic carbocycles. The van der Waals surface area contributed by atoms with E-state index in [1.165, 1.54) is 21.0 Å².